The van der Waals surface area contributed by atoms with Crippen LogP contribution in [0.3, 0.4) is 0 Å². The number of hydrogen-bond acceptors (Lipinski definition) is 2. The van der Waals surface area contributed by atoms with Crippen molar-refractivity contribution in [2.75, 3.05) is 6.54 Å². The number of nitrogens with zero attached hydrogens (tertiary/aromatic N) is 1. The van der Waals surface area contributed by atoms with Gasteiger partial charge in [-0.15, -0.1) is 0 Å². The van der Waals surface area contributed by atoms with Crippen LogP contribution in [0.1, 0.15) is 27.2 Å². The summed E-state index contributed by atoms with van der Waals surface area (Å²) in [6.07, 6.45) is 4.74. The number of pyridine rings is 1. The first-order valence-corrected chi connectivity index (χ1v) is 5.38. The lowest BCUT2D eigenvalue weighted by Crippen LogP contribution is -2.36. The summed E-state index contributed by atoms with van der Waals surface area (Å²) in [7, 11) is 0. The average Bonchev–Trinajstić information content (AvgIpc) is 2.14. The first kappa shape index (κ1) is 12.0. The van der Waals surface area contributed by atoms with E-state index in [1.165, 1.54) is 0 Å². The number of rotatable bonds is 4. The van der Waals surface area contributed by atoms with Crippen LogP contribution in [0.5, 0.6) is 0 Å². The third-order valence-corrected chi connectivity index (χ3v) is 2.11. The Kier molecular flexibility index (Phi) is 4.09. The second-order valence-electron chi connectivity index (χ2n) is 4.80. The summed E-state index contributed by atoms with van der Waals surface area (Å²) in [6, 6.07) is 3.19. The molecule has 0 aromatic carbocycles. The lowest BCUT2D eigenvalue weighted by atomic mass is 10.1. The minimum atomic E-state index is 0.0686. The highest BCUT2D eigenvalue weighted by Gasteiger charge is 2.06. The molecule has 1 aromatic heterocycles. The molecule has 0 aliphatic heterocycles. The van der Waals surface area contributed by atoms with Gasteiger partial charge in [-0.05, 0) is 33.7 Å². The number of aryl methyl sites for hydroxylation is 1. The monoisotopic (exact) mass is 208 g/mol. The molecule has 0 aliphatic rings. The zero-order valence-electron chi connectivity index (χ0n) is 9.79. The zero-order chi connectivity index (χ0) is 11.3. The van der Waals surface area contributed by atoms with E-state index in [2.05, 4.69) is 26.1 Å². The van der Waals surface area contributed by atoms with Gasteiger partial charge in [0.05, 0.1) is 0 Å². The van der Waals surface area contributed by atoms with Gasteiger partial charge in [0.25, 0.3) is 0 Å². The van der Waals surface area contributed by atoms with E-state index in [0.29, 0.717) is 0 Å². The average molecular weight is 208 g/mol. The van der Waals surface area contributed by atoms with Crippen molar-refractivity contribution in [3.05, 3.63) is 34.7 Å². The van der Waals surface area contributed by atoms with Crippen molar-refractivity contribution in [3.8, 4) is 0 Å². The minimum absolute atomic E-state index is 0.0686. The molecule has 1 heterocycles. The van der Waals surface area contributed by atoms with E-state index in [1.807, 2.05) is 17.0 Å². The SMILES string of the molecule is CC(C)(C)NCCCn1ccc(=O)cc1. The van der Waals surface area contributed by atoms with Gasteiger partial charge in [0, 0.05) is 36.6 Å². The van der Waals surface area contributed by atoms with Crippen molar-refractivity contribution >= 4 is 0 Å². The van der Waals surface area contributed by atoms with Crippen molar-refractivity contribution in [1.29, 1.82) is 0 Å². The standard InChI is InChI=1S/C12H20N2O/c1-12(2,3)13-7-4-8-14-9-5-11(15)6-10-14/h5-6,9-10,13H,4,7-8H2,1-3H3. The predicted octanol–water partition coefficient (Wildman–Crippen LogP) is 1.63. The Morgan fingerprint density at radius 1 is 1.27 bits per heavy atom. The van der Waals surface area contributed by atoms with E-state index < -0.39 is 0 Å². The second-order valence-corrected chi connectivity index (χ2v) is 4.80. The molecule has 0 aliphatic carbocycles. The summed E-state index contributed by atoms with van der Waals surface area (Å²) < 4.78 is 2.03. The Balaban J connectivity index is 2.26. The molecule has 0 unspecified atom stereocenters. The zero-order valence-corrected chi connectivity index (χ0v) is 9.79. The number of nitrogens with one attached hydrogen (secondary N) is 1. The van der Waals surface area contributed by atoms with Gasteiger partial charge in [0.15, 0.2) is 5.43 Å². The molecule has 0 saturated heterocycles. The van der Waals surface area contributed by atoms with Crippen molar-refractivity contribution in [2.24, 2.45) is 0 Å². The number of hydrogen-bond donors (Lipinski definition) is 1. The molecular weight excluding hydrogens is 188 g/mol. The van der Waals surface area contributed by atoms with Crippen LogP contribution in [0.2, 0.25) is 0 Å². The molecule has 3 heteroatoms. The first-order valence-electron chi connectivity index (χ1n) is 5.38. The molecule has 0 amide bonds. The molecule has 3 nitrogen and oxygen atoms in total. The third kappa shape index (κ3) is 5.37. The van der Waals surface area contributed by atoms with Crippen molar-refractivity contribution in [1.82, 2.24) is 9.88 Å². The normalized spacial score (nSPS) is 11.7. The van der Waals surface area contributed by atoms with Crippen molar-refractivity contribution in [2.45, 2.75) is 39.3 Å². The Morgan fingerprint density at radius 3 is 2.40 bits per heavy atom. The van der Waals surface area contributed by atoms with Crippen LogP contribution < -0.4 is 10.7 Å². The summed E-state index contributed by atoms with van der Waals surface area (Å²) >= 11 is 0. The Labute approximate surface area is 91.1 Å². The molecule has 0 fully saturated rings. The molecule has 84 valence electrons. The highest BCUT2D eigenvalue weighted by atomic mass is 16.1. The maximum Gasteiger partial charge on any atom is 0.181 e. The van der Waals surface area contributed by atoms with E-state index in [0.717, 1.165) is 19.5 Å². The quantitative estimate of drug-likeness (QED) is 0.763. The molecule has 1 aromatic rings. The topological polar surface area (TPSA) is 34.0 Å². The fourth-order valence-corrected chi connectivity index (χ4v) is 1.32. The molecule has 1 N–H and O–H groups in total. The molecule has 0 radical (unpaired) electrons. The first-order chi connectivity index (χ1) is 6.97. The summed E-state index contributed by atoms with van der Waals surface area (Å²) in [5.74, 6) is 0. The third-order valence-electron chi connectivity index (χ3n) is 2.11. The molecule has 0 saturated carbocycles. The van der Waals surface area contributed by atoms with Crippen molar-refractivity contribution in [3.63, 3.8) is 0 Å². The minimum Gasteiger partial charge on any atom is -0.354 e. The van der Waals surface area contributed by atoms with Crippen LogP contribution in [0.4, 0.5) is 0 Å². The highest BCUT2D eigenvalue weighted by molar-refractivity contribution is 4.93. The fourth-order valence-electron chi connectivity index (χ4n) is 1.32. The van der Waals surface area contributed by atoms with E-state index in [9.17, 15) is 4.79 Å². The summed E-state index contributed by atoms with van der Waals surface area (Å²) in [5.41, 5.74) is 0.253. The van der Waals surface area contributed by atoms with Crippen LogP contribution >= 0.6 is 0 Å². The van der Waals surface area contributed by atoms with E-state index in [1.54, 1.807) is 12.1 Å². The Morgan fingerprint density at radius 2 is 1.87 bits per heavy atom. The van der Waals surface area contributed by atoms with Gasteiger partial charge in [0.1, 0.15) is 0 Å². The van der Waals surface area contributed by atoms with Gasteiger partial charge in [-0.3, -0.25) is 4.79 Å². The van der Waals surface area contributed by atoms with Gasteiger partial charge in [-0.1, -0.05) is 0 Å². The number of aromatic nitrogens is 1. The van der Waals surface area contributed by atoms with E-state index >= 15 is 0 Å². The largest absolute Gasteiger partial charge is 0.354 e. The van der Waals surface area contributed by atoms with Gasteiger partial charge in [0.2, 0.25) is 0 Å². The van der Waals surface area contributed by atoms with E-state index in [-0.39, 0.29) is 11.0 Å². The molecule has 1 rings (SSSR count). The molecule has 15 heavy (non-hydrogen) atoms. The maximum atomic E-state index is 10.9. The van der Waals surface area contributed by atoms with Gasteiger partial charge in [-0.2, -0.15) is 0 Å². The molecule has 0 spiro atoms. The second kappa shape index (κ2) is 5.12. The summed E-state index contributed by atoms with van der Waals surface area (Å²) in [5, 5.41) is 3.43. The van der Waals surface area contributed by atoms with Crippen LogP contribution in [0, 0.1) is 0 Å². The van der Waals surface area contributed by atoms with Gasteiger partial charge in [-0.25, -0.2) is 0 Å². The summed E-state index contributed by atoms with van der Waals surface area (Å²) in [6.45, 7) is 8.42. The molecule has 0 atom stereocenters. The highest BCUT2D eigenvalue weighted by Crippen LogP contribution is 1.98. The molecule has 0 bridgehead atoms. The van der Waals surface area contributed by atoms with Crippen LogP contribution in [-0.2, 0) is 6.54 Å². The predicted molar refractivity (Wildman–Crippen MR) is 63.1 cm³/mol. The van der Waals surface area contributed by atoms with Crippen LogP contribution in [0.25, 0.3) is 0 Å². The fraction of sp³-hybridized carbons (Fsp3) is 0.583. The smallest absolute Gasteiger partial charge is 0.181 e. The maximum absolute atomic E-state index is 10.9. The van der Waals surface area contributed by atoms with Crippen LogP contribution in [-0.4, -0.2) is 16.7 Å². The Bertz CT molecular complexity index is 329. The van der Waals surface area contributed by atoms with E-state index in [4.69, 9.17) is 0 Å². The lowest BCUT2D eigenvalue weighted by Gasteiger charge is -2.20. The molecular formula is C12H20N2O. The lowest BCUT2D eigenvalue weighted by molar-refractivity contribution is 0.413. The van der Waals surface area contributed by atoms with Crippen molar-refractivity contribution < 1.29 is 0 Å². The van der Waals surface area contributed by atoms with Crippen LogP contribution in [0.15, 0.2) is 29.3 Å². The Hall–Kier alpha value is -1.09. The summed E-state index contributed by atoms with van der Waals surface area (Å²) in [4.78, 5) is 10.9. The van der Waals surface area contributed by atoms with Gasteiger partial charge >= 0.3 is 0 Å². The van der Waals surface area contributed by atoms with Gasteiger partial charge < -0.3 is 9.88 Å².